The summed E-state index contributed by atoms with van der Waals surface area (Å²) in [6.07, 6.45) is 0. The van der Waals surface area contributed by atoms with Gasteiger partial charge in [0.05, 0.1) is 5.39 Å². The number of thiophene rings is 2. The van der Waals surface area contributed by atoms with Crippen LogP contribution in [0.2, 0.25) is 0 Å². The standard InChI is InChI=1S/C12H12N4OS2/c1-7-5-9-10(17-6-8-3-2-4-18-8)14-12(16-13)15-11(9)19-7/h2-5H,6,13H2,1H3,(H,14,15,16). The van der Waals surface area contributed by atoms with Crippen molar-refractivity contribution in [1.29, 1.82) is 0 Å². The summed E-state index contributed by atoms with van der Waals surface area (Å²) >= 11 is 3.25. The summed E-state index contributed by atoms with van der Waals surface area (Å²) in [6.45, 7) is 2.54. The zero-order chi connectivity index (χ0) is 13.2. The summed E-state index contributed by atoms with van der Waals surface area (Å²) in [5.41, 5.74) is 2.47. The lowest BCUT2D eigenvalue weighted by molar-refractivity contribution is 0.301. The molecule has 3 aromatic heterocycles. The lowest BCUT2D eigenvalue weighted by Crippen LogP contribution is -2.11. The van der Waals surface area contributed by atoms with Crippen molar-refractivity contribution in [2.45, 2.75) is 13.5 Å². The topological polar surface area (TPSA) is 73.1 Å². The van der Waals surface area contributed by atoms with E-state index >= 15 is 0 Å². The van der Waals surface area contributed by atoms with Crippen LogP contribution in [0.3, 0.4) is 0 Å². The van der Waals surface area contributed by atoms with Gasteiger partial charge in [-0.25, -0.2) is 10.8 Å². The number of nitrogens with two attached hydrogens (primary N) is 1. The number of ether oxygens (including phenoxy) is 1. The van der Waals surface area contributed by atoms with Crippen molar-refractivity contribution >= 4 is 38.8 Å². The van der Waals surface area contributed by atoms with E-state index < -0.39 is 0 Å². The molecule has 0 aliphatic carbocycles. The molecular weight excluding hydrogens is 280 g/mol. The Hall–Kier alpha value is -1.70. The number of anilines is 1. The summed E-state index contributed by atoms with van der Waals surface area (Å²) in [5, 5.41) is 2.95. The van der Waals surface area contributed by atoms with Crippen LogP contribution in [0.25, 0.3) is 10.2 Å². The predicted octanol–water partition coefficient (Wildman–Crippen LogP) is 2.93. The Morgan fingerprint density at radius 2 is 2.32 bits per heavy atom. The second-order valence-electron chi connectivity index (χ2n) is 3.94. The molecule has 0 radical (unpaired) electrons. The molecule has 0 aliphatic heterocycles. The van der Waals surface area contributed by atoms with E-state index in [0.29, 0.717) is 18.4 Å². The predicted molar refractivity (Wildman–Crippen MR) is 78.6 cm³/mol. The zero-order valence-electron chi connectivity index (χ0n) is 10.2. The van der Waals surface area contributed by atoms with Gasteiger partial charge in [-0.3, -0.25) is 5.43 Å². The molecule has 0 saturated carbocycles. The maximum atomic E-state index is 5.79. The number of hydrogen-bond acceptors (Lipinski definition) is 7. The molecule has 98 valence electrons. The fourth-order valence-corrected chi connectivity index (χ4v) is 3.21. The molecule has 7 heteroatoms. The molecule has 0 aliphatic rings. The van der Waals surface area contributed by atoms with Crippen LogP contribution >= 0.6 is 22.7 Å². The van der Waals surface area contributed by atoms with Crippen LogP contribution in [-0.4, -0.2) is 9.97 Å². The minimum Gasteiger partial charge on any atom is -0.471 e. The van der Waals surface area contributed by atoms with E-state index in [0.717, 1.165) is 15.1 Å². The normalized spacial score (nSPS) is 10.8. The Bertz CT molecular complexity index is 693. The number of nitrogens with one attached hydrogen (secondary N) is 1. The van der Waals surface area contributed by atoms with Crippen molar-refractivity contribution in [2.24, 2.45) is 5.84 Å². The molecule has 0 atom stereocenters. The first kappa shape index (κ1) is 12.3. The third-order valence-electron chi connectivity index (χ3n) is 2.54. The van der Waals surface area contributed by atoms with Crippen molar-refractivity contribution in [3.63, 3.8) is 0 Å². The third-order valence-corrected chi connectivity index (χ3v) is 4.34. The largest absolute Gasteiger partial charge is 0.471 e. The van der Waals surface area contributed by atoms with Gasteiger partial charge < -0.3 is 4.74 Å². The molecule has 0 bridgehead atoms. The van der Waals surface area contributed by atoms with Crippen LogP contribution in [0.15, 0.2) is 23.6 Å². The number of hydrazine groups is 1. The molecule has 0 fully saturated rings. The van der Waals surface area contributed by atoms with Gasteiger partial charge in [0.15, 0.2) is 0 Å². The fraction of sp³-hybridized carbons (Fsp3) is 0.167. The minimum atomic E-state index is 0.371. The Balaban J connectivity index is 1.96. The van der Waals surface area contributed by atoms with Crippen molar-refractivity contribution in [3.05, 3.63) is 33.3 Å². The van der Waals surface area contributed by atoms with Gasteiger partial charge in [-0.2, -0.15) is 4.98 Å². The van der Waals surface area contributed by atoms with E-state index in [-0.39, 0.29) is 0 Å². The van der Waals surface area contributed by atoms with Crippen molar-refractivity contribution < 1.29 is 4.74 Å². The molecule has 19 heavy (non-hydrogen) atoms. The quantitative estimate of drug-likeness (QED) is 0.571. The van der Waals surface area contributed by atoms with E-state index in [1.165, 1.54) is 4.88 Å². The van der Waals surface area contributed by atoms with Crippen molar-refractivity contribution in [1.82, 2.24) is 9.97 Å². The van der Waals surface area contributed by atoms with Crippen molar-refractivity contribution in [2.75, 3.05) is 5.43 Å². The molecule has 0 amide bonds. The first-order valence-electron chi connectivity index (χ1n) is 5.66. The Labute approximate surface area is 118 Å². The second-order valence-corrected chi connectivity index (χ2v) is 6.21. The maximum absolute atomic E-state index is 5.79. The average molecular weight is 292 g/mol. The number of aromatic nitrogens is 2. The van der Waals surface area contributed by atoms with Crippen molar-refractivity contribution in [3.8, 4) is 5.88 Å². The average Bonchev–Trinajstić information content (AvgIpc) is 3.03. The van der Waals surface area contributed by atoms with E-state index in [2.05, 4.69) is 15.4 Å². The molecule has 3 N–H and O–H groups in total. The van der Waals surface area contributed by atoms with Crippen LogP contribution in [0.5, 0.6) is 5.88 Å². The highest BCUT2D eigenvalue weighted by atomic mass is 32.1. The summed E-state index contributed by atoms with van der Waals surface area (Å²) in [5.74, 6) is 6.32. The summed E-state index contributed by atoms with van der Waals surface area (Å²) in [7, 11) is 0. The van der Waals surface area contributed by atoms with Crippen LogP contribution in [0.1, 0.15) is 9.75 Å². The first-order valence-corrected chi connectivity index (χ1v) is 7.36. The third kappa shape index (κ3) is 2.53. The molecule has 3 heterocycles. The second kappa shape index (κ2) is 5.12. The van der Waals surface area contributed by atoms with Gasteiger partial charge >= 0.3 is 0 Å². The summed E-state index contributed by atoms with van der Waals surface area (Å²) in [6, 6.07) is 6.06. The smallest absolute Gasteiger partial charge is 0.241 e. The van der Waals surface area contributed by atoms with E-state index in [1.807, 2.05) is 30.5 Å². The number of nitrogens with zero attached hydrogens (tertiary/aromatic N) is 2. The summed E-state index contributed by atoms with van der Waals surface area (Å²) in [4.78, 5) is 11.8. The molecule has 0 spiro atoms. The number of aryl methyl sites for hydroxylation is 1. The van der Waals surface area contributed by atoms with E-state index in [4.69, 9.17) is 10.6 Å². The molecule has 0 unspecified atom stereocenters. The zero-order valence-corrected chi connectivity index (χ0v) is 11.8. The number of nitrogen functional groups attached to an aromatic ring is 1. The number of hydrogen-bond donors (Lipinski definition) is 2. The highest BCUT2D eigenvalue weighted by Crippen LogP contribution is 2.31. The fourth-order valence-electron chi connectivity index (χ4n) is 1.72. The summed E-state index contributed by atoms with van der Waals surface area (Å²) < 4.78 is 5.79. The van der Waals surface area contributed by atoms with Gasteiger partial charge in [-0.1, -0.05) is 6.07 Å². The van der Waals surface area contributed by atoms with Crippen LogP contribution in [0.4, 0.5) is 5.95 Å². The molecular formula is C12H12N4OS2. The number of rotatable bonds is 4. The van der Waals surface area contributed by atoms with Gasteiger partial charge in [-0.05, 0) is 24.4 Å². The Morgan fingerprint density at radius 1 is 1.42 bits per heavy atom. The highest BCUT2D eigenvalue weighted by molar-refractivity contribution is 7.18. The highest BCUT2D eigenvalue weighted by Gasteiger charge is 2.11. The SMILES string of the molecule is Cc1cc2c(OCc3cccs3)nc(NN)nc2s1. The number of fused-ring (bicyclic) bond motifs is 1. The van der Waals surface area contributed by atoms with Gasteiger partial charge in [-0.15, -0.1) is 22.7 Å². The minimum absolute atomic E-state index is 0.371. The van der Waals surface area contributed by atoms with Crippen LogP contribution in [0, 0.1) is 6.92 Å². The van der Waals surface area contributed by atoms with Crippen LogP contribution < -0.4 is 16.0 Å². The van der Waals surface area contributed by atoms with Gasteiger partial charge in [0.2, 0.25) is 11.8 Å². The Kier molecular flexibility index (Phi) is 3.33. The van der Waals surface area contributed by atoms with Gasteiger partial charge in [0.1, 0.15) is 11.4 Å². The molecule has 5 nitrogen and oxygen atoms in total. The maximum Gasteiger partial charge on any atom is 0.241 e. The van der Waals surface area contributed by atoms with E-state index in [9.17, 15) is 0 Å². The van der Waals surface area contributed by atoms with Gasteiger partial charge in [0.25, 0.3) is 0 Å². The Morgan fingerprint density at radius 3 is 3.05 bits per heavy atom. The lowest BCUT2D eigenvalue weighted by atomic mass is 10.3. The van der Waals surface area contributed by atoms with Crippen LogP contribution in [-0.2, 0) is 6.61 Å². The first-order chi connectivity index (χ1) is 9.26. The molecule has 3 aromatic rings. The van der Waals surface area contributed by atoms with E-state index in [1.54, 1.807) is 22.7 Å². The molecule has 0 aromatic carbocycles. The monoisotopic (exact) mass is 292 g/mol. The molecule has 0 saturated heterocycles. The molecule has 3 rings (SSSR count). The lowest BCUT2D eigenvalue weighted by Gasteiger charge is -2.06. The van der Waals surface area contributed by atoms with Gasteiger partial charge in [0, 0.05) is 9.75 Å².